The van der Waals surface area contributed by atoms with Crippen LogP contribution in [0.1, 0.15) is 39.5 Å². The highest BCUT2D eigenvalue weighted by molar-refractivity contribution is 5.86. The molecule has 0 radical (unpaired) electrons. The summed E-state index contributed by atoms with van der Waals surface area (Å²) < 4.78 is 2.01. The lowest BCUT2D eigenvalue weighted by molar-refractivity contribution is -0.135. The standard InChI is InChI=1S/C24H31N7O/c1-3-29(4-2)23(32)17-9-8-14-30(15-17)24-27-21(26-18-12-13-18)20-22(28-24)31(16-25-20)19-10-6-5-7-11-19/h5-7,10-11,16-18H,3-4,8-9,12-15H2,1-2H3,(H,26,27,28). The van der Waals surface area contributed by atoms with E-state index in [1.54, 1.807) is 0 Å². The normalized spacial score (nSPS) is 18.7. The lowest BCUT2D eigenvalue weighted by Crippen LogP contribution is -2.45. The van der Waals surface area contributed by atoms with Gasteiger partial charge in [-0.25, -0.2) is 4.98 Å². The Morgan fingerprint density at radius 2 is 1.91 bits per heavy atom. The Labute approximate surface area is 188 Å². The Morgan fingerprint density at radius 3 is 2.62 bits per heavy atom. The van der Waals surface area contributed by atoms with Gasteiger partial charge in [0, 0.05) is 37.9 Å². The SMILES string of the molecule is CCN(CC)C(=O)C1CCCN(c2nc(NC3CC3)c3ncn(-c4ccccc4)c3n2)C1. The number of rotatable bonds is 7. The van der Waals surface area contributed by atoms with E-state index in [9.17, 15) is 4.79 Å². The smallest absolute Gasteiger partial charge is 0.229 e. The molecular weight excluding hydrogens is 402 g/mol. The van der Waals surface area contributed by atoms with Crippen molar-refractivity contribution in [3.8, 4) is 5.69 Å². The number of fused-ring (bicyclic) bond motifs is 1. The summed E-state index contributed by atoms with van der Waals surface area (Å²) in [5, 5.41) is 3.54. The molecule has 32 heavy (non-hydrogen) atoms. The highest BCUT2D eigenvalue weighted by atomic mass is 16.2. The molecule has 8 heteroatoms. The fraction of sp³-hybridized carbons (Fsp3) is 0.500. The van der Waals surface area contributed by atoms with Gasteiger partial charge in [0.15, 0.2) is 17.0 Å². The van der Waals surface area contributed by atoms with Crippen LogP contribution in [0.25, 0.3) is 16.9 Å². The van der Waals surface area contributed by atoms with Crippen LogP contribution >= 0.6 is 0 Å². The number of carbonyl (C=O) groups is 1. The molecule has 2 aromatic heterocycles. The molecule has 0 bridgehead atoms. The van der Waals surface area contributed by atoms with Crippen molar-refractivity contribution < 1.29 is 4.79 Å². The topological polar surface area (TPSA) is 79.2 Å². The van der Waals surface area contributed by atoms with Gasteiger partial charge in [-0.2, -0.15) is 9.97 Å². The van der Waals surface area contributed by atoms with Crippen molar-refractivity contribution in [2.75, 3.05) is 36.4 Å². The van der Waals surface area contributed by atoms with Gasteiger partial charge in [0.05, 0.1) is 5.92 Å². The second-order valence-corrected chi connectivity index (χ2v) is 8.71. The van der Waals surface area contributed by atoms with E-state index in [1.165, 1.54) is 0 Å². The van der Waals surface area contributed by atoms with Gasteiger partial charge >= 0.3 is 0 Å². The fourth-order valence-electron chi connectivity index (χ4n) is 4.48. The molecular formula is C24H31N7O. The number of amides is 1. The molecule has 1 saturated heterocycles. The number of anilines is 2. The number of benzene rings is 1. The second kappa shape index (κ2) is 8.76. The van der Waals surface area contributed by atoms with Crippen molar-refractivity contribution in [3.05, 3.63) is 36.7 Å². The third-order valence-electron chi connectivity index (χ3n) is 6.47. The largest absolute Gasteiger partial charge is 0.365 e. The average Bonchev–Trinajstić information content (AvgIpc) is 3.55. The monoisotopic (exact) mass is 433 g/mol. The highest BCUT2D eigenvalue weighted by Crippen LogP contribution is 2.31. The van der Waals surface area contributed by atoms with Gasteiger partial charge in [0.1, 0.15) is 6.33 Å². The van der Waals surface area contributed by atoms with Gasteiger partial charge in [-0.05, 0) is 51.7 Å². The molecule has 2 fully saturated rings. The average molecular weight is 434 g/mol. The van der Waals surface area contributed by atoms with Crippen molar-refractivity contribution in [3.63, 3.8) is 0 Å². The Kier molecular flexibility index (Phi) is 5.68. The summed E-state index contributed by atoms with van der Waals surface area (Å²) in [6.45, 7) is 7.10. The van der Waals surface area contributed by atoms with E-state index in [0.717, 1.165) is 68.0 Å². The fourth-order valence-corrected chi connectivity index (χ4v) is 4.48. The van der Waals surface area contributed by atoms with Crippen LogP contribution in [0.4, 0.5) is 11.8 Å². The van der Waals surface area contributed by atoms with Gasteiger partial charge in [0.2, 0.25) is 11.9 Å². The Hall–Kier alpha value is -3.16. The predicted octanol–water partition coefficient (Wildman–Crippen LogP) is 3.47. The van der Waals surface area contributed by atoms with Crippen molar-refractivity contribution >= 4 is 28.8 Å². The summed E-state index contributed by atoms with van der Waals surface area (Å²) in [5.74, 6) is 1.70. The van der Waals surface area contributed by atoms with Crippen molar-refractivity contribution in [1.82, 2.24) is 24.4 Å². The minimum atomic E-state index is -0.0122. The first kappa shape index (κ1) is 20.7. The maximum absolute atomic E-state index is 13.0. The van der Waals surface area contributed by atoms with Crippen molar-refractivity contribution in [1.29, 1.82) is 0 Å². The maximum Gasteiger partial charge on any atom is 0.229 e. The molecule has 1 aliphatic carbocycles. The van der Waals surface area contributed by atoms with Gasteiger partial charge < -0.3 is 15.1 Å². The summed E-state index contributed by atoms with van der Waals surface area (Å²) in [6, 6.07) is 10.6. The highest BCUT2D eigenvalue weighted by Gasteiger charge is 2.31. The molecule has 1 atom stereocenters. The van der Waals surface area contributed by atoms with Crippen LogP contribution in [0.15, 0.2) is 36.7 Å². The number of para-hydroxylation sites is 1. The molecule has 8 nitrogen and oxygen atoms in total. The van der Waals surface area contributed by atoms with Gasteiger partial charge in [-0.1, -0.05) is 18.2 Å². The second-order valence-electron chi connectivity index (χ2n) is 8.71. The zero-order chi connectivity index (χ0) is 22.1. The van der Waals surface area contributed by atoms with E-state index in [-0.39, 0.29) is 11.8 Å². The predicted molar refractivity (Wildman–Crippen MR) is 126 cm³/mol. The third kappa shape index (κ3) is 4.01. The number of piperidine rings is 1. The van der Waals surface area contributed by atoms with Crippen molar-refractivity contribution in [2.45, 2.75) is 45.6 Å². The van der Waals surface area contributed by atoms with E-state index >= 15 is 0 Å². The molecule has 5 rings (SSSR count). The molecule has 1 aliphatic heterocycles. The van der Waals surface area contributed by atoms with E-state index in [2.05, 4.69) is 27.3 Å². The lowest BCUT2D eigenvalue weighted by atomic mass is 9.96. The zero-order valence-corrected chi connectivity index (χ0v) is 18.9. The number of nitrogens with zero attached hydrogens (tertiary/aromatic N) is 6. The van der Waals surface area contributed by atoms with E-state index < -0.39 is 0 Å². The summed E-state index contributed by atoms with van der Waals surface area (Å²) in [7, 11) is 0. The van der Waals surface area contributed by atoms with Gasteiger partial charge in [-0.3, -0.25) is 9.36 Å². The number of imidazole rings is 1. The Bertz CT molecular complexity index is 1090. The number of hydrogen-bond acceptors (Lipinski definition) is 6. The van der Waals surface area contributed by atoms with Crippen LogP contribution < -0.4 is 10.2 Å². The molecule has 1 unspecified atom stereocenters. The number of carbonyl (C=O) groups excluding carboxylic acids is 1. The van der Waals surface area contributed by atoms with E-state index in [1.807, 2.05) is 47.8 Å². The molecule has 1 saturated carbocycles. The Morgan fingerprint density at radius 1 is 1.12 bits per heavy atom. The molecule has 3 aromatic rings. The summed E-state index contributed by atoms with van der Waals surface area (Å²) in [4.78, 5) is 31.6. The van der Waals surface area contributed by atoms with Crippen LogP contribution in [0.2, 0.25) is 0 Å². The van der Waals surface area contributed by atoms with Crippen LogP contribution in [-0.4, -0.2) is 62.5 Å². The molecule has 3 heterocycles. The molecule has 2 aliphatic rings. The van der Waals surface area contributed by atoms with Crippen molar-refractivity contribution in [2.24, 2.45) is 5.92 Å². The summed E-state index contributed by atoms with van der Waals surface area (Å²) in [6.07, 6.45) is 6.01. The van der Waals surface area contributed by atoms with E-state index in [4.69, 9.17) is 9.97 Å². The minimum Gasteiger partial charge on any atom is -0.365 e. The zero-order valence-electron chi connectivity index (χ0n) is 18.9. The van der Waals surface area contributed by atoms with Crippen LogP contribution in [0, 0.1) is 5.92 Å². The van der Waals surface area contributed by atoms with E-state index in [0.29, 0.717) is 18.5 Å². The van der Waals surface area contributed by atoms with Gasteiger partial charge in [0.25, 0.3) is 0 Å². The number of hydrogen-bond donors (Lipinski definition) is 1. The first-order valence-corrected chi connectivity index (χ1v) is 11.8. The maximum atomic E-state index is 13.0. The first-order valence-electron chi connectivity index (χ1n) is 11.8. The lowest BCUT2D eigenvalue weighted by Gasteiger charge is -2.34. The minimum absolute atomic E-state index is 0.0122. The van der Waals surface area contributed by atoms with Crippen LogP contribution in [0.3, 0.4) is 0 Å². The van der Waals surface area contributed by atoms with Crippen LogP contribution in [-0.2, 0) is 4.79 Å². The van der Waals surface area contributed by atoms with Crippen LogP contribution in [0.5, 0.6) is 0 Å². The molecule has 1 N–H and O–H groups in total. The summed E-state index contributed by atoms with van der Waals surface area (Å²) >= 11 is 0. The quantitative estimate of drug-likeness (QED) is 0.615. The first-order chi connectivity index (χ1) is 15.7. The van der Waals surface area contributed by atoms with Gasteiger partial charge in [-0.15, -0.1) is 0 Å². The molecule has 0 spiro atoms. The number of nitrogens with one attached hydrogen (secondary N) is 1. The molecule has 1 amide bonds. The third-order valence-corrected chi connectivity index (χ3v) is 6.47. The molecule has 168 valence electrons. The molecule has 1 aromatic carbocycles. The Balaban J connectivity index is 1.51. The summed E-state index contributed by atoms with van der Waals surface area (Å²) in [5.41, 5.74) is 2.60. The number of aromatic nitrogens is 4.